The van der Waals surface area contributed by atoms with E-state index in [1.165, 1.54) is 11.4 Å². The van der Waals surface area contributed by atoms with E-state index in [-0.39, 0.29) is 0 Å². The number of nitrogens with zero attached hydrogens (tertiary/aromatic N) is 3. The van der Waals surface area contributed by atoms with Crippen LogP contribution >= 0.6 is 0 Å². The molecule has 0 unspecified atom stereocenters. The first-order chi connectivity index (χ1) is 14.8. The molecule has 0 aliphatic carbocycles. The van der Waals surface area contributed by atoms with E-state index in [0.29, 0.717) is 5.92 Å². The van der Waals surface area contributed by atoms with Crippen LogP contribution in [0.5, 0.6) is 11.5 Å². The van der Waals surface area contributed by atoms with E-state index < -0.39 is 0 Å². The first-order valence-corrected chi connectivity index (χ1v) is 11.0. The second-order valence-electron chi connectivity index (χ2n) is 8.27. The lowest BCUT2D eigenvalue weighted by Gasteiger charge is -2.35. The third-order valence-electron chi connectivity index (χ3n) is 6.14. The molecule has 0 atom stereocenters. The average molecular weight is 404 g/mol. The van der Waals surface area contributed by atoms with Gasteiger partial charge in [0, 0.05) is 38.4 Å². The summed E-state index contributed by atoms with van der Waals surface area (Å²) in [4.78, 5) is 2.55. The summed E-state index contributed by atoms with van der Waals surface area (Å²) in [6.07, 6.45) is 3.43. The molecule has 156 valence electrons. The van der Waals surface area contributed by atoms with Crippen LogP contribution in [0.1, 0.15) is 25.0 Å². The van der Waals surface area contributed by atoms with Crippen molar-refractivity contribution in [1.82, 2.24) is 9.78 Å². The Morgan fingerprint density at radius 2 is 1.77 bits per heavy atom. The predicted molar refractivity (Wildman–Crippen MR) is 119 cm³/mol. The van der Waals surface area contributed by atoms with Gasteiger partial charge in [-0.1, -0.05) is 36.4 Å². The van der Waals surface area contributed by atoms with E-state index >= 15 is 0 Å². The molecule has 0 radical (unpaired) electrons. The van der Waals surface area contributed by atoms with Crippen molar-refractivity contribution in [2.75, 3.05) is 31.2 Å². The number of rotatable bonds is 5. The van der Waals surface area contributed by atoms with Gasteiger partial charge < -0.3 is 14.4 Å². The molecule has 5 nitrogen and oxygen atoms in total. The first kappa shape index (κ1) is 19.2. The van der Waals surface area contributed by atoms with Crippen LogP contribution in [0.2, 0.25) is 0 Å². The summed E-state index contributed by atoms with van der Waals surface area (Å²) in [6, 6.07) is 18.3. The number of fused-ring (bicyclic) bond motifs is 1. The maximum Gasteiger partial charge on any atom is 0.135 e. The largest absolute Gasteiger partial charge is 0.457 e. The smallest absolute Gasteiger partial charge is 0.135 e. The molecule has 2 aliphatic rings. The standard InChI is InChI=1S/C25H29N3O2/c1-19-24(22-10-5-6-11-23(22)30-21-8-3-2-4-9-21)25-27(14-7-15-28(25)26-19)18-20-12-16-29-17-13-20/h2-6,8-11,20H,7,12-18H2,1H3. The summed E-state index contributed by atoms with van der Waals surface area (Å²) in [6.45, 7) is 7.02. The zero-order chi connectivity index (χ0) is 20.3. The van der Waals surface area contributed by atoms with E-state index in [0.717, 1.165) is 74.9 Å². The molecule has 1 fully saturated rings. The molecule has 3 heterocycles. The number of hydrogen-bond acceptors (Lipinski definition) is 4. The van der Waals surface area contributed by atoms with Crippen molar-refractivity contribution in [2.45, 2.75) is 32.7 Å². The zero-order valence-electron chi connectivity index (χ0n) is 17.6. The van der Waals surface area contributed by atoms with Crippen molar-refractivity contribution in [2.24, 2.45) is 5.92 Å². The fourth-order valence-electron chi connectivity index (χ4n) is 4.68. The van der Waals surface area contributed by atoms with E-state index in [1.54, 1.807) is 0 Å². The molecule has 0 spiro atoms. The molecule has 2 aliphatic heterocycles. The Hall–Kier alpha value is -2.79. The molecule has 1 saturated heterocycles. The Kier molecular flexibility index (Phi) is 5.45. The molecule has 3 aromatic rings. The van der Waals surface area contributed by atoms with Gasteiger partial charge in [0.2, 0.25) is 0 Å². The van der Waals surface area contributed by atoms with Gasteiger partial charge in [-0.3, -0.25) is 0 Å². The zero-order valence-corrected chi connectivity index (χ0v) is 17.6. The highest BCUT2D eigenvalue weighted by Gasteiger charge is 2.29. The number of aromatic nitrogens is 2. The highest BCUT2D eigenvalue weighted by Crippen LogP contribution is 2.42. The van der Waals surface area contributed by atoms with Crippen LogP contribution in [0, 0.1) is 12.8 Å². The lowest BCUT2D eigenvalue weighted by molar-refractivity contribution is 0.0679. The van der Waals surface area contributed by atoms with Crippen LogP contribution in [-0.4, -0.2) is 36.1 Å². The second-order valence-corrected chi connectivity index (χ2v) is 8.27. The molecule has 5 heteroatoms. The maximum absolute atomic E-state index is 6.29. The van der Waals surface area contributed by atoms with E-state index in [4.69, 9.17) is 14.6 Å². The minimum absolute atomic E-state index is 0.684. The highest BCUT2D eigenvalue weighted by molar-refractivity contribution is 5.83. The van der Waals surface area contributed by atoms with Gasteiger partial charge in [0.1, 0.15) is 17.3 Å². The van der Waals surface area contributed by atoms with Gasteiger partial charge in [-0.05, 0) is 50.3 Å². The highest BCUT2D eigenvalue weighted by atomic mass is 16.5. The fraction of sp³-hybridized carbons (Fsp3) is 0.400. The summed E-state index contributed by atoms with van der Waals surface area (Å²) in [7, 11) is 0. The quantitative estimate of drug-likeness (QED) is 0.580. The third-order valence-corrected chi connectivity index (χ3v) is 6.14. The topological polar surface area (TPSA) is 39.5 Å². The number of ether oxygens (including phenoxy) is 2. The van der Waals surface area contributed by atoms with Crippen molar-refractivity contribution in [3.05, 3.63) is 60.3 Å². The Labute approximate surface area is 178 Å². The van der Waals surface area contributed by atoms with Crippen LogP contribution in [0.4, 0.5) is 5.82 Å². The van der Waals surface area contributed by atoms with Gasteiger partial charge in [-0.2, -0.15) is 5.10 Å². The number of anilines is 1. The Morgan fingerprint density at radius 3 is 2.60 bits per heavy atom. The molecule has 0 bridgehead atoms. The Balaban J connectivity index is 1.52. The number of hydrogen-bond donors (Lipinski definition) is 0. The van der Waals surface area contributed by atoms with Gasteiger partial charge in [-0.25, -0.2) is 4.68 Å². The summed E-state index contributed by atoms with van der Waals surface area (Å²) in [5.74, 6) is 3.65. The lowest BCUT2D eigenvalue weighted by atomic mass is 9.98. The Morgan fingerprint density at radius 1 is 1.00 bits per heavy atom. The SMILES string of the molecule is Cc1nn2c(c1-c1ccccc1Oc1ccccc1)N(CC1CCOCC1)CCC2. The van der Waals surface area contributed by atoms with Crippen LogP contribution < -0.4 is 9.64 Å². The predicted octanol–water partition coefficient (Wildman–Crippen LogP) is 5.29. The van der Waals surface area contributed by atoms with Gasteiger partial charge in [-0.15, -0.1) is 0 Å². The van der Waals surface area contributed by atoms with Crippen LogP contribution in [-0.2, 0) is 11.3 Å². The molecule has 0 saturated carbocycles. The second kappa shape index (κ2) is 8.52. The van der Waals surface area contributed by atoms with Gasteiger partial charge in [0.25, 0.3) is 0 Å². The monoisotopic (exact) mass is 403 g/mol. The van der Waals surface area contributed by atoms with Crippen molar-refractivity contribution in [1.29, 1.82) is 0 Å². The third kappa shape index (κ3) is 3.82. The van der Waals surface area contributed by atoms with Crippen molar-refractivity contribution in [3.8, 4) is 22.6 Å². The molecule has 2 aromatic carbocycles. The lowest BCUT2D eigenvalue weighted by Crippen LogP contribution is -2.38. The Bertz CT molecular complexity index is 993. The van der Waals surface area contributed by atoms with E-state index in [2.05, 4.69) is 34.7 Å². The molecule has 0 N–H and O–H groups in total. The average Bonchev–Trinajstić information content (AvgIpc) is 3.12. The number of aryl methyl sites for hydroxylation is 2. The number of para-hydroxylation sites is 2. The van der Waals surface area contributed by atoms with Crippen molar-refractivity contribution >= 4 is 5.82 Å². The first-order valence-electron chi connectivity index (χ1n) is 11.0. The van der Waals surface area contributed by atoms with Gasteiger partial charge >= 0.3 is 0 Å². The summed E-state index contributed by atoms with van der Waals surface area (Å²) < 4.78 is 14.1. The molecule has 0 amide bonds. The van der Waals surface area contributed by atoms with Crippen molar-refractivity contribution < 1.29 is 9.47 Å². The molecular weight excluding hydrogens is 374 g/mol. The van der Waals surface area contributed by atoms with Crippen LogP contribution in [0.25, 0.3) is 11.1 Å². The van der Waals surface area contributed by atoms with E-state index in [1.807, 2.05) is 36.4 Å². The summed E-state index contributed by atoms with van der Waals surface area (Å²) >= 11 is 0. The molecule has 1 aromatic heterocycles. The summed E-state index contributed by atoms with van der Waals surface area (Å²) in [5, 5.41) is 4.91. The normalized spacial score (nSPS) is 17.0. The van der Waals surface area contributed by atoms with E-state index in [9.17, 15) is 0 Å². The minimum Gasteiger partial charge on any atom is -0.457 e. The molecule has 5 rings (SSSR count). The number of benzene rings is 2. The maximum atomic E-state index is 6.29. The molecule has 30 heavy (non-hydrogen) atoms. The van der Waals surface area contributed by atoms with Crippen LogP contribution in [0.3, 0.4) is 0 Å². The van der Waals surface area contributed by atoms with Gasteiger partial charge in [0.05, 0.1) is 11.3 Å². The van der Waals surface area contributed by atoms with Crippen LogP contribution in [0.15, 0.2) is 54.6 Å². The minimum atomic E-state index is 0.684. The van der Waals surface area contributed by atoms with Gasteiger partial charge in [0.15, 0.2) is 0 Å². The van der Waals surface area contributed by atoms with Crippen molar-refractivity contribution in [3.63, 3.8) is 0 Å². The summed E-state index contributed by atoms with van der Waals surface area (Å²) in [5.41, 5.74) is 3.38. The fourth-order valence-corrected chi connectivity index (χ4v) is 4.68. The molecular formula is C25H29N3O2.